The molecule has 0 amide bonds. The summed E-state index contributed by atoms with van der Waals surface area (Å²) in [6, 6.07) is 8.99. The Hall–Kier alpha value is -1.65. The van der Waals surface area contributed by atoms with E-state index in [9.17, 15) is 0 Å². The van der Waals surface area contributed by atoms with Crippen LogP contribution in [0.4, 0.5) is 0 Å². The van der Waals surface area contributed by atoms with Gasteiger partial charge >= 0.3 is 0 Å². The normalized spacial score (nSPS) is 13.4. The first-order chi connectivity index (χ1) is 11.2. The Morgan fingerprint density at radius 3 is 2.35 bits per heavy atom. The van der Waals surface area contributed by atoms with Crippen molar-refractivity contribution >= 4 is 6.72 Å². The van der Waals surface area contributed by atoms with Crippen LogP contribution in [0, 0.1) is 0 Å². The van der Waals surface area contributed by atoms with Gasteiger partial charge in [0.15, 0.2) is 0 Å². The van der Waals surface area contributed by atoms with Crippen LogP contribution in [0.1, 0.15) is 44.7 Å². The summed E-state index contributed by atoms with van der Waals surface area (Å²) in [7, 11) is 1.88. The van der Waals surface area contributed by atoms with Gasteiger partial charge in [-0.2, -0.15) is 0 Å². The average molecular weight is 316 g/mol. The zero-order valence-corrected chi connectivity index (χ0v) is 15.1. The molecule has 0 aliphatic rings. The topological polar surface area (TPSA) is 48.5 Å². The quantitative estimate of drug-likeness (QED) is 0.334. The lowest BCUT2D eigenvalue weighted by Gasteiger charge is -2.21. The van der Waals surface area contributed by atoms with Crippen molar-refractivity contribution in [2.24, 2.45) is 4.99 Å². The molecule has 0 aliphatic carbocycles. The monoisotopic (exact) mass is 316 g/mol. The Morgan fingerprint density at radius 2 is 1.83 bits per heavy atom. The van der Waals surface area contributed by atoms with E-state index >= 15 is 0 Å². The molecule has 0 saturated carbocycles. The third-order valence-electron chi connectivity index (χ3n) is 3.99. The summed E-state index contributed by atoms with van der Waals surface area (Å²) in [6.07, 6.45) is 4.22. The number of nitrogens with one attached hydrogen (secondary N) is 3. The van der Waals surface area contributed by atoms with Crippen LogP contribution < -0.4 is 16.2 Å². The van der Waals surface area contributed by atoms with Crippen molar-refractivity contribution in [1.29, 1.82) is 0 Å². The average Bonchev–Trinajstić information content (AvgIpc) is 2.58. The minimum Gasteiger partial charge on any atom is -0.370 e. The molecule has 0 spiro atoms. The second-order valence-electron chi connectivity index (χ2n) is 5.78. The van der Waals surface area contributed by atoms with Gasteiger partial charge in [-0.15, -0.1) is 0 Å². The number of hydrogen-bond donors (Lipinski definition) is 3. The number of rotatable bonds is 11. The van der Waals surface area contributed by atoms with Gasteiger partial charge in [0.05, 0.1) is 0 Å². The number of hydrazine groups is 1. The molecular weight excluding hydrogens is 284 g/mol. The van der Waals surface area contributed by atoms with Gasteiger partial charge in [0.2, 0.25) is 0 Å². The molecule has 128 valence electrons. The first kappa shape index (κ1) is 19.4. The molecule has 23 heavy (non-hydrogen) atoms. The van der Waals surface area contributed by atoms with E-state index in [0.717, 1.165) is 38.0 Å². The van der Waals surface area contributed by atoms with Gasteiger partial charge < -0.3 is 5.32 Å². The molecule has 4 heteroatoms. The van der Waals surface area contributed by atoms with Crippen LogP contribution in [-0.2, 0) is 12.8 Å². The lowest BCUT2D eigenvalue weighted by atomic mass is 9.98. The Morgan fingerprint density at radius 1 is 1.17 bits per heavy atom. The van der Waals surface area contributed by atoms with Crippen LogP contribution in [-0.4, -0.2) is 26.4 Å². The van der Waals surface area contributed by atoms with Crippen molar-refractivity contribution in [3.8, 4) is 0 Å². The molecule has 0 bridgehead atoms. The maximum atomic E-state index is 4.24. The highest BCUT2D eigenvalue weighted by Crippen LogP contribution is 2.17. The fourth-order valence-electron chi connectivity index (χ4n) is 2.51. The van der Waals surface area contributed by atoms with Crippen LogP contribution in [0.2, 0.25) is 0 Å². The van der Waals surface area contributed by atoms with E-state index in [-0.39, 0.29) is 6.04 Å². The molecular formula is C19H32N4. The van der Waals surface area contributed by atoms with Crippen LogP contribution in [0.25, 0.3) is 0 Å². The summed E-state index contributed by atoms with van der Waals surface area (Å²) in [5, 5.41) is 3.44. The zero-order valence-electron chi connectivity index (χ0n) is 15.1. The molecule has 1 rings (SSSR count). The Labute approximate surface area is 141 Å². The summed E-state index contributed by atoms with van der Waals surface area (Å²) in [5.41, 5.74) is 10.2. The molecule has 1 aromatic rings. The minimum absolute atomic E-state index is 0.167. The summed E-state index contributed by atoms with van der Waals surface area (Å²) in [5.74, 6) is 0.897. The molecule has 1 atom stereocenters. The maximum absolute atomic E-state index is 4.24. The van der Waals surface area contributed by atoms with Gasteiger partial charge in [-0.3, -0.25) is 10.9 Å². The molecule has 1 unspecified atom stereocenters. The molecule has 0 fully saturated rings. The van der Waals surface area contributed by atoms with E-state index in [1.54, 1.807) is 0 Å². The third-order valence-corrected chi connectivity index (χ3v) is 3.99. The second-order valence-corrected chi connectivity index (χ2v) is 5.78. The fourth-order valence-corrected chi connectivity index (χ4v) is 2.51. The first-order valence-electron chi connectivity index (χ1n) is 8.59. The van der Waals surface area contributed by atoms with Crippen molar-refractivity contribution in [3.05, 3.63) is 46.8 Å². The molecule has 0 heterocycles. The number of aryl methyl sites for hydroxylation is 1. The molecule has 0 radical (unpaired) electrons. The highest BCUT2D eigenvalue weighted by atomic mass is 15.3. The van der Waals surface area contributed by atoms with E-state index in [4.69, 9.17) is 0 Å². The Balaban J connectivity index is 2.98. The smallest absolute Gasteiger partial charge is 0.126 e. The third kappa shape index (κ3) is 6.55. The van der Waals surface area contributed by atoms with Crippen molar-refractivity contribution in [2.45, 2.75) is 52.5 Å². The highest BCUT2D eigenvalue weighted by Gasteiger charge is 2.14. The summed E-state index contributed by atoms with van der Waals surface area (Å²) in [6.45, 7) is 11.2. The van der Waals surface area contributed by atoms with E-state index in [1.165, 1.54) is 16.7 Å². The van der Waals surface area contributed by atoms with Crippen molar-refractivity contribution < 1.29 is 0 Å². The standard InChI is InChI=1S/C19H32N4/c1-6-8-13-22-19(20-4)18(15(3)23-21-5)14-17-11-9-16(7-2)10-12-17/h9-12,15,21-23H,4,6-8,13-14H2,1-3,5H3/b19-18+. The number of hydrogen-bond acceptors (Lipinski definition) is 4. The number of nitrogens with zero attached hydrogens (tertiary/aromatic N) is 1. The van der Waals surface area contributed by atoms with Gasteiger partial charge in [-0.05, 0) is 56.7 Å². The SMILES string of the molecule is C=N/C(NCCCC)=C(/Cc1ccc(CC)cc1)C(C)NNC. The van der Waals surface area contributed by atoms with E-state index in [2.05, 4.69) is 72.9 Å². The first-order valence-corrected chi connectivity index (χ1v) is 8.59. The van der Waals surface area contributed by atoms with E-state index in [0.29, 0.717) is 0 Å². The Bertz CT molecular complexity index is 491. The van der Waals surface area contributed by atoms with Crippen LogP contribution >= 0.6 is 0 Å². The Kier molecular flexibility index (Phi) is 9.25. The summed E-state index contributed by atoms with van der Waals surface area (Å²) in [4.78, 5) is 4.24. The van der Waals surface area contributed by atoms with E-state index < -0.39 is 0 Å². The molecule has 4 nitrogen and oxygen atoms in total. The predicted molar refractivity (Wildman–Crippen MR) is 101 cm³/mol. The lowest BCUT2D eigenvalue weighted by Crippen LogP contribution is -2.39. The molecule has 0 aliphatic heterocycles. The lowest BCUT2D eigenvalue weighted by molar-refractivity contribution is 0.519. The second kappa shape index (κ2) is 11.0. The highest BCUT2D eigenvalue weighted by molar-refractivity contribution is 5.34. The molecule has 0 aromatic heterocycles. The van der Waals surface area contributed by atoms with Crippen LogP contribution in [0.3, 0.4) is 0 Å². The van der Waals surface area contributed by atoms with E-state index in [1.807, 2.05) is 7.05 Å². The fraction of sp³-hybridized carbons (Fsp3) is 0.526. The van der Waals surface area contributed by atoms with Gasteiger partial charge in [0.1, 0.15) is 5.82 Å². The summed E-state index contributed by atoms with van der Waals surface area (Å²) < 4.78 is 0. The maximum Gasteiger partial charge on any atom is 0.126 e. The van der Waals surface area contributed by atoms with Crippen molar-refractivity contribution in [2.75, 3.05) is 13.6 Å². The predicted octanol–water partition coefficient (Wildman–Crippen LogP) is 3.21. The van der Waals surface area contributed by atoms with Crippen LogP contribution in [0.15, 0.2) is 40.7 Å². The summed E-state index contributed by atoms with van der Waals surface area (Å²) >= 11 is 0. The number of aliphatic imine (C=N–C) groups is 1. The number of benzene rings is 1. The molecule has 1 aromatic carbocycles. The number of unbranched alkanes of at least 4 members (excludes halogenated alkanes) is 1. The van der Waals surface area contributed by atoms with Crippen molar-refractivity contribution in [1.82, 2.24) is 16.2 Å². The van der Waals surface area contributed by atoms with Crippen LogP contribution in [0.5, 0.6) is 0 Å². The molecule has 0 saturated heterocycles. The van der Waals surface area contributed by atoms with Gasteiger partial charge in [-0.25, -0.2) is 4.99 Å². The van der Waals surface area contributed by atoms with Crippen molar-refractivity contribution in [3.63, 3.8) is 0 Å². The largest absolute Gasteiger partial charge is 0.370 e. The van der Waals surface area contributed by atoms with Gasteiger partial charge in [0.25, 0.3) is 0 Å². The van der Waals surface area contributed by atoms with Gasteiger partial charge in [-0.1, -0.05) is 44.5 Å². The zero-order chi connectivity index (χ0) is 17.1. The molecule has 3 N–H and O–H groups in total. The van der Waals surface area contributed by atoms with Gasteiger partial charge in [0, 0.05) is 12.6 Å². The minimum atomic E-state index is 0.167.